The van der Waals surface area contributed by atoms with Gasteiger partial charge in [-0.3, -0.25) is 9.98 Å². The maximum absolute atomic E-state index is 5.91. The number of guanidine groups is 1. The zero-order chi connectivity index (χ0) is 15.2. The molecule has 114 valence electrons. The molecule has 0 radical (unpaired) electrons. The van der Waals surface area contributed by atoms with Crippen molar-refractivity contribution < 1.29 is 4.74 Å². The molecule has 2 N–H and O–H groups in total. The normalized spacial score (nSPS) is 16.8. The Labute approximate surface area is 130 Å². The Hall–Kier alpha value is -2.56. The highest BCUT2D eigenvalue weighted by atomic mass is 16.5. The lowest BCUT2D eigenvalue weighted by Gasteiger charge is -2.15. The second kappa shape index (κ2) is 6.93. The highest BCUT2D eigenvalue weighted by molar-refractivity contribution is 5.79. The van der Waals surface area contributed by atoms with Crippen molar-refractivity contribution in [1.29, 1.82) is 0 Å². The van der Waals surface area contributed by atoms with Gasteiger partial charge in [-0.2, -0.15) is 0 Å². The number of nitrogens with zero attached hydrogens (tertiary/aromatic N) is 2. The monoisotopic (exact) mass is 296 g/mol. The highest BCUT2D eigenvalue weighted by Gasteiger charge is 2.22. The third-order valence-electron chi connectivity index (χ3n) is 3.60. The molecule has 22 heavy (non-hydrogen) atoms. The van der Waals surface area contributed by atoms with Crippen LogP contribution in [0.1, 0.15) is 11.3 Å². The van der Waals surface area contributed by atoms with Gasteiger partial charge in [0.15, 0.2) is 5.96 Å². The van der Waals surface area contributed by atoms with Crippen molar-refractivity contribution in [2.24, 2.45) is 4.99 Å². The summed E-state index contributed by atoms with van der Waals surface area (Å²) in [7, 11) is 1.76. The Bertz CT molecular complexity index is 617. The molecule has 0 fully saturated rings. The van der Waals surface area contributed by atoms with Crippen molar-refractivity contribution in [2.45, 2.75) is 19.1 Å². The third kappa shape index (κ3) is 3.55. The molecule has 1 aromatic carbocycles. The van der Waals surface area contributed by atoms with Crippen LogP contribution < -0.4 is 15.4 Å². The number of aliphatic imine (C=N–C) groups is 1. The van der Waals surface area contributed by atoms with Gasteiger partial charge < -0.3 is 15.4 Å². The fourth-order valence-electron chi connectivity index (χ4n) is 2.48. The number of ether oxygens (including phenoxy) is 1. The summed E-state index contributed by atoms with van der Waals surface area (Å²) in [5.41, 5.74) is 2.25. The predicted molar refractivity (Wildman–Crippen MR) is 87.0 cm³/mol. The van der Waals surface area contributed by atoms with Gasteiger partial charge in [0.05, 0.1) is 18.8 Å². The molecule has 5 heteroatoms. The Morgan fingerprint density at radius 3 is 2.86 bits per heavy atom. The van der Waals surface area contributed by atoms with E-state index in [1.54, 1.807) is 13.2 Å². The first-order chi connectivity index (χ1) is 10.8. The molecule has 0 spiro atoms. The molecular weight excluding hydrogens is 276 g/mol. The highest BCUT2D eigenvalue weighted by Crippen LogP contribution is 2.27. The summed E-state index contributed by atoms with van der Waals surface area (Å²) in [6, 6.07) is 14.0. The Balaban J connectivity index is 1.46. The first-order valence-electron chi connectivity index (χ1n) is 7.44. The molecule has 1 unspecified atom stereocenters. The minimum Gasteiger partial charge on any atom is -0.488 e. The van der Waals surface area contributed by atoms with Gasteiger partial charge in [0.2, 0.25) is 0 Å². The molecule has 5 nitrogen and oxygen atoms in total. The maximum atomic E-state index is 5.91. The fourth-order valence-corrected chi connectivity index (χ4v) is 2.48. The van der Waals surface area contributed by atoms with Crippen molar-refractivity contribution in [1.82, 2.24) is 15.6 Å². The van der Waals surface area contributed by atoms with Gasteiger partial charge in [-0.15, -0.1) is 0 Å². The van der Waals surface area contributed by atoms with Crippen molar-refractivity contribution in [3.63, 3.8) is 0 Å². The van der Waals surface area contributed by atoms with Crippen LogP contribution >= 0.6 is 0 Å². The first kappa shape index (κ1) is 14.4. The number of hydrogen-bond donors (Lipinski definition) is 2. The molecule has 2 heterocycles. The van der Waals surface area contributed by atoms with E-state index >= 15 is 0 Å². The van der Waals surface area contributed by atoms with E-state index in [0.717, 1.165) is 30.4 Å². The smallest absolute Gasteiger partial charge is 0.191 e. The summed E-state index contributed by atoms with van der Waals surface area (Å²) in [6.07, 6.45) is 2.86. The maximum Gasteiger partial charge on any atom is 0.191 e. The summed E-state index contributed by atoms with van der Waals surface area (Å²) in [5, 5.41) is 6.55. The molecule has 1 atom stereocenters. The SMILES string of the molecule is CN=C(NCc1ccccn1)NCC1Cc2ccccc2O1. The van der Waals surface area contributed by atoms with Crippen molar-refractivity contribution >= 4 is 5.96 Å². The molecule has 1 aliphatic rings. The number of hydrogen-bond acceptors (Lipinski definition) is 3. The average molecular weight is 296 g/mol. The quantitative estimate of drug-likeness (QED) is 0.666. The predicted octanol–water partition coefficient (Wildman–Crippen LogP) is 1.75. The molecule has 0 saturated carbocycles. The van der Waals surface area contributed by atoms with Crippen LogP contribution in [0.5, 0.6) is 5.75 Å². The van der Waals surface area contributed by atoms with Crippen molar-refractivity contribution in [3.8, 4) is 5.75 Å². The zero-order valence-corrected chi connectivity index (χ0v) is 12.6. The van der Waals surface area contributed by atoms with E-state index in [1.165, 1.54) is 5.56 Å². The number of nitrogens with one attached hydrogen (secondary N) is 2. The van der Waals surface area contributed by atoms with Gasteiger partial charge in [-0.1, -0.05) is 24.3 Å². The lowest BCUT2D eigenvalue weighted by atomic mass is 10.1. The lowest BCUT2D eigenvalue weighted by molar-refractivity contribution is 0.235. The van der Waals surface area contributed by atoms with Crippen LogP contribution in [-0.2, 0) is 13.0 Å². The van der Waals surface area contributed by atoms with E-state index in [9.17, 15) is 0 Å². The van der Waals surface area contributed by atoms with Crippen LogP contribution in [0.25, 0.3) is 0 Å². The third-order valence-corrected chi connectivity index (χ3v) is 3.60. The molecule has 3 rings (SSSR count). The average Bonchev–Trinajstić information content (AvgIpc) is 2.99. The van der Waals surface area contributed by atoms with Gasteiger partial charge in [0.1, 0.15) is 11.9 Å². The number of fused-ring (bicyclic) bond motifs is 1. The summed E-state index contributed by atoms with van der Waals surface area (Å²) in [6.45, 7) is 1.36. The van der Waals surface area contributed by atoms with Gasteiger partial charge in [0, 0.05) is 19.7 Å². The van der Waals surface area contributed by atoms with Crippen LogP contribution in [0.15, 0.2) is 53.7 Å². The Morgan fingerprint density at radius 1 is 1.23 bits per heavy atom. The molecule has 0 aliphatic carbocycles. The number of para-hydroxylation sites is 1. The van der Waals surface area contributed by atoms with E-state index in [-0.39, 0.29) is 6.10 Å². The summed E-state index contributed by atoms with van der Waals surface area (Å²) >= 11 is 0. The van der Waals surface area contributed by atoms with Gasteiger partial charge in [-0.25, -0.2) is 0 Å². The minimum atomic E-state index is 0.144. The molecule has 0 saturated heterocycles. The van der Waals surface area contributed by atoms with Gasteiger partial charge >= 0.3 is 0 Å². The van der Waals surface area contributed by atoms with Crippen LogP contribution in [0.4, 0.5) is 0 Å². The van der Waals surface area contributed by atoms with Crippen molar-refractivity contribution in [3.05, 3.63) is 59.9 Å². The second-order valence-electron chi connectivity index (χ2n) is 5.18. The van der Waals surface area contributed by atoms with Crippen LogP contribution in [0.2, 0.25) is 0 Å². The van der Waals surface area contributed by atoms with E-state index < -0.39 is 0 Å². The molecule has 1 aliphatic heterocycles. The van der Waals surface area contributed by atoms with Crippen LogP contribution in [-0.4, -0.2) is 30.6 Å². The number of pyridine rings is 1. The largest absolute Gasteiger partial charge is 0.488 e. The van der Waals surface area contributed by atoms with E-state index in [2.05, 4.69) is 26.7 Å². The second-order valence-corrected chi connectivity index (χ2v) is 5.18. The standard InChI is InChI=1S/C17H20N4O/c1-18-17(20-11-14-7-4-5-9-19-14)21-12-15-10-13-6-2-3-8-16(13)22-15/h2-9,15H,10-12H2,1H3,(H2,18,20,21). The molecule has 2 aromatic rings. The van der Waals surface area contributed by atoms with E-state index in [4.69, 9.17) is 4.74 Å². The van der Waals surface area contributed by atoms with Gasteiger partial charge in [0.25, 0.3) is 0 Å². The van der Waals surface area contributed by atoms with Crippen LogP contribution in [0.3, 0.4) is 0 Å². The topological polar surface area (TPSA) is 58.5 Å². The molecule has 1 aromatic heterocycles. The molecular formula is C17H20N4O. The van der Waals surface area contributed by atoms with E-state index in [1.807, 2.05) is 36.4 Å². The number of benzene rings is 1. The summed E-state index contributed by atoms with van der Waals surface area (Å²) in [5.74, 6) is 1.75. The molecule has 0 amide bonds. The number of rotatable bonds is 4. The molecule has 0 bridgehead atoms. The summed E-state index contributed by atoms with van der Waals surface area (Å²) in [4.78, 5) is 8.50. The first-order valence-corrected chi connectivity index (χ1v) is 7.44. The Morgan fingerprint density at radius 2 is 2.09 bits per heavy atom. The summed E-state index contributed by atoms with van der Waals surface area (Å²) < 4.78 is 5.91. The Kier molecular flexibility index (Phi) is 4.53. The zero-order valence-electron chi connectivity index (χ0n) is 12.6. The van der Waals surface area contributed by atoms with Gasteiger partial charge in [-0.05, 0) is 23.8 Å². The number of aromatic nitrogens is 1. The van der Waals surface area contributed by atoms with E-state index in [0.29, 0.717) is 6.54 Å². The lowest BCUT2D eigenvalue weighted by Crippen LogP contribution is -2.42. The van der Waals surface area contributed by atoms with Crippen LogP contribution in [0, 0.1) is 0 Å². The fraction of sp³-hybridized carbons (Fsp3) is 0.294. The van der Waals surface area contributed by atoms with Crippen molar-refractivity contribution in [2.75, 3.05) is 13.6 Å². The minimum absolute atomic E-state index is 0.144.